The Morgan fingerprint density at radius 3 is 2.44 bits per heavy atom. The van der Waals surface area contributed by atoms with Crippen LogP contribution in [0, 0.1) is 0 Å². The van der Waals surface area contributed by atoms with Gasteiger partial charge in [-0.1, -0.05) is 24.3 Å². The number of hydrogen-bond donors (Lipinski definition) is 0. The van der Waals surface area contributed by atoms with Gasteiger partial charge in [-0.3, -0.25) is 0 Å². The highest BCUT2D eigenvalue weighted by Gasteiger charge is 2.36. The number of alkyl halides is 1. The number of likely N-dealkylation sites (tertiary alicyclic amines) is 1. The second-order valence-electron chi connectivity index (χ2n) is 6.94. The fraction of sp³-hybridized carbons (Fsp3) is 0.474. The summed E-state index contributed by atoms with van der Waals surface area (Å²) < 4.78 is 10.1. The number of methoxy groups -OCH3 is 1. The summed E-state index contributed by atoms with van der Waals surface area (Å²) in [5.41, 5.74) is 0.859. The molecule has 1 heterocycles. The highest BCUT2D eigenvalue weighted by atomic mass is 35.5. The molecule has 6 heteroatoms. The summed E-state index contributed by atoms with van der Waals surface area (Å²) in [6, 6.07) is 6.81. The molecule has 1 aromatic rings. The zero-order valence-corrected chi connectivity index (χ0v) is 15.7. The van der Waals surface area contributed by atoms with Gasteiger partial charge in [0.25, 0.3) is 0 Å². The maximum Gasteiger partial charge on any atom is 0.410 e. The van der Waals surface area contributed by atoms with Crippen molar-refractivity contribution in [1.82, 2.24) is 4.90 Å². The number of carbonyl (C=O) groups excluding carboxylic acids is 2. The Balaban J connectivity index is 2.09. The molecule has 2 atom stereocenters. The molecule has 1 aliphatic heterocycles. The Morgan fingerprint density at radius 2 is 1.88 bits per heavy atom. The molecule has 1 amide bonds. The van der Waals surface area contributed by atoms with Gasteiger partial charge in [-0.15, -0.1) is 11.6 Å². The van der Waals surface area contributed by atoms with Crippen LogP contribution < -0.4 is 0 Å². The van der Waals surface area contributed by atoms with Gasteiger partial charge in [0.1, 0.15) is 5.60 Å². The monoisotopic (exact) mass is 365 g/mol. The number of ether oxygens (including phenoxy) is 2. The summed E-state index contributed by atoms with van der Waals surface area (Å²) >= 11 is 6.38. The van der Waals surface area contributed by atoms with Gasteiger partial charge in [0.05, 0.1) is 24.1 Å². The number of amides is 1. The molecule has 2 unspecified atom stereocenters. The van der Waals surface area contributed by atoms with Gasteiger partial charge in [0.2, 0.25) is 0 Å². The maximum absolute atomic E-state index is 12.3. The predicted octanol–water partition coefficient (Wildman–Crippen LogP) is 4.10. The van der Waals surface area contributed by atoms with Crippen LogP contribution in [0.5, 0.6) is 0 Å². The highest BCUT2D eigenvalue weighted by Crippen LogP contribution is 2.26. The van der Waals surface area contributed by atoms with Gasteiger partial charge in [-0.2, -0.15) is 0 Å². The highest BCUT2D eigenvalue weighted by molar-refractivity contribution is 6.21. The van der Waals surface area contributed by atoms with Crippen molar-refractivity contribution in [3.63, 3.8) is 0 Å². The first-order chi connectivity index (χ1) is 11.7. The third-order valence-electron chi connectivity index (χ3n) is 3.82. The van der Waals surface area contributed by atoms with Crippen molar-refractivity contribution in [1.29, 1.82) is 0 Å². The van der Waals surface area contributed by atoms with E-state index in [1.54, 1.807) is 17.0 Å². The van der Waals surface area contributed by atoms with Crippen molar-refractivity contribution in [2.24, 2.45) is 0 Å². The second-order valence-corrected chi connectivity index (χ2v) is 7.50. The Bertz CT molecular complexity index is 648. The van der Waals surface area contributed by atoms with Gasteiger partial charge >= 0.3 is 12.1 Å². The van der Waals surface area contributed by atoms with E-state index in [2.05, 4.69) is 4.74 Å². The van der Waals surface area contributed by atoms with E-state index >= 15 is 0 Å². The molecular formula is C19H24ClNO4. The van der Waals surface area contributed by atoms with Crippen LogP contribution in [-0.2, 0) is 9.47 Å². The lowest BCUT2D eigenvalue weighted by Crippen LogP contribution is -2.40. The van der Waals surface area contributed by atoms with E-state index in [0.29, 0.717) is 12.1 Å². The van der Waals surface area contributed by atoms with E-state index in [9.17, 15) is 9.59 Å². The van der Waals surface area contributed by atoms with E-state index in [1.165, 1.54) is 7.11 Å². The number of rotatable bonds is 3. The fourth-order valence-electron chi connectivity index (χ4n) is 2.59. The van der Waals surface area contributed by atoms with Crippen molar-refractivity contribution in [3.05, 3.63) is 41.5 Å². The standard InChI is InChI=1S/C19H24ClNO4/c1-19(2,3)25-18(23)21-12-11-15(20)16(21)10-7-13-5-8-14(9-6-13)17(22)24-4/h5-10,15-16H,11-12H2,1-4H3/b10-7+. The van der Waals surface area contributed by atoms with Crippen LogP contribution in [0.3, 0.4) is 0 Å². The lowest BCUT2D eigenvalue weighted by molar-refractivity contribution is 0.0256. The SMILES string of the molecule is COC(=O)c1ccc(/C=C/C2C(Cl)CCN2C(=O)OC(C)(C)C)cc1. The molecule has 0 saturated carbocycles. The zero-order valence-electron chi connectivity index (χ0n) is 15.0. The zero-order chi connectivity index (χ0) is 18.6. The van der Waals surface area contributed by atoms with Crippen molar-refractivity contribution in [3.8, 4) is 0 Å². The average Bonchev–Trinajstić information content (AvgIpc) is 2.92. The van der Waals surface area contributed by atoms with Gasteiger partial charge in [-0.05, 0) is 44.9 Å². The summed E-state index contributed by atoms with van der Waals surface area (Å²) in [4.78, 5) is 25.4. The fourth-order valence-corrected chi connectivity index (χ4v) is 2.91. The van der Waals surface area contributed by atoms with Gasteiger partial charge < -0.3 is 14.4 Å². The Labute approximate surface area is 153 Å². The van der Waals surface area contributed by atoms with E-state index < -0.39 is 5.60 Å². The molecule has 1 aromatic carbocycles. The van der Waals surface area contributed by atoms with Crippen LogP contribution in [0.15, 0.2) is 30.3 Å². The average molecular weight is 366 g/mol. The molecule has 0 radical (unpaired) electrons. The third-order valence-corrected chi connectivity index (χ3v) is 4.30. The normalized spacial score (nSPS) is 20.8. The van der Waals surface area contributed by atoms with Crippen molar-refractivity contribution in [2.75, 3.05) is 13.7 Å². The van der Waals surface area contributed by atoms with Crippen LogP contribution in [0.2, 0.25) is 0 Å². The van der Waals surface area contributed by atoms with Crippen LogP contribution in [0.4, 0.5) is 4.79 Å². The van der Waals surface area contributed by atoms with Gasteiger partial charge in [-0.25, -0.2) is 9.59 Å². The summed E-state index contributed by atoms with van der Waals surface area (Å²) in [6.45, 7) is 6.09. The summed E-state index contributed by atoms with van der Waals surface area (Å²) in [7, 11) is 1.35. The molecule has 1 saturated heterocycles. The first-order valence-corrected chi connectivity index (χ1v) is 8.65. The molecule has 0 aliphatic carbocycles. The van der Waals surface area contributed by atoms with Crippen molar-refractivity contribution in [2.45, 2.75) is 44.2 Å². The number of carbonyl (C=O) groups is 2. The lowest BCUT2D eigenvalue weighted by atomic mass is 10.1. The molecule has 5 nitrogen and oxygen atoms in total. The van der Waals surface area contributed by atoms with E-state index in [0.717, 1.165) is 12.0 Å². The van der Waals surface area contributed by atoms with Crippen molar-refractivity contribution < 1.29 is 19.1 Å². The number of esters is 1. The topological polar surface area (TPSA) is 55.8 Å². The number of hydrogen-bond acceptors (Lipinski definition) is 4. The summed E-state index contributed by atoms with van der Waals surface area (Å²) in [5, 5.41) is -0.155. The molecule has 2 rings (SSSR count). The minimum Gasteiger partial charge on any atom is -0.465 e. The first kappa shape index (κ1) is 19.3. The molecule has 136 valence electrons. The smallest absolute Gasteiger partial charge is 0.410 e. The molecule has 0 spiro atoms. The number of halogens is 1. The summed E-state index contributed by atoms with van der Waals surface area (Å²) in [6.07, 6.45) is 4.16. The van der Waals surface area contributed by atoms with Gasteiger partial charge in [0.15, 0.2) is 0 Å². The Morgan fingerprint density at radius 1 is 1.24 bits per heavy atom. The molecule has 0 aromatic heterocycles. The number of nitrogens with zero attached hydrogens (tertiary/aromatic N) is 1. The number of benzene rings is 1. The predicted molar refractivity (Wildman–Crippen MR) is 97.8 cm³/mol. The van der Waals surface area contributed by atoms with Gasteiger partial charge in [0, 0.05) is 6.54 Å². The Kier molecular flexibility index (Phi) is 6.11. The van der Waals surface area contributed by atoms with Crippen LogP contribution in [0.25, 0.3) is 6.08 Å². The molecular weight excluding hydrogens is 342 g/mol. The lowest BCUT2D eigenvalue weighted by Gasteiger charge is -2.28. The van der Waals surface area contributed by atoms with Crippen LogP contribution in [-0.4, -0.2) is 47.6 Å². The Hall–Kier alpha value is -2.01. The third kappa shape index (κ3) is 5.23. The molecule has 25 heavy (non-hydrogen) atoms. The molecule has 1 fully saturated rings. The van der Waals surface area contributed by atoms with Crippen molar-refractivity contribution >= 4 is 29.7 Å². The quantitative estimate of drug-likeness (QED) is 0.597. The largest absolute Gasteiger partial charge is 0.465 e. The second kappa shape index (κ2) is 7.91. The van der Waals surface area contributed by atoms with E-state index in [4.69, 9.17) is 16.3 Å². The first-order valence-electron chi connectivity index (χ1n) is 8.21. The van der Waals surface area contributed by atoms with Crippen LogP contribution in [0.1, 0.15) is 43.1 Å². The molecule has 0 N–H and O–H groups in total. The summed E-state index contributed by atoms with van der Waals surface area (Å²) in [5.74, 6) is -0.372. The molecule has 0 bridgehead atoms. The maximum atomic E-state index is 12.3. The van der Waals surface area contributed by atoms with Crippen LogP contribution >= 0.6 is 11.6 Å². The van der Waals surface area contributed by atoms with E-state index in [-0.39, 0.29) is 23.5 Å². The minimum atomic E-state index is -0.542. The minimum absolute atomic E-state index is 0.155. The van der Waals surface area contributed by atoms with E-state index in [1.807, 2.05) is 45.1 Å². The molecule has 1 aliphatic rings.